The normalized spacial score (nSPS) is 20.3. The van der Waals surface area contributed by atoms with E-state index in [2.05, 4.69) is 35.1 Å². The van der Waals surface area contributed by atoms with Gasteiger partial charge in [0.2, 0.25) is 17.6 Å². The van der Waals surface area contributed by atoms with Crippen LogP contribution < -0.4 is 21.3 Å². The van der Waals surface area contributed by atoms with Crippen LogP contribution in [0.2, 0.25) is 0 Å². The number of carbonyl (C=O) groups excluding carboxylic acids is 6. The maximum absolute atomic E-state index is 14.6. The van der Waals surface area contributed by atoms with E-state index in [1.165, 1.54) is 0 Å². The number of likely N-dealkylation sites (tertiary alicyclic amines) is 1. The first-order valence-corrected chi connectivity index (χ1v) is 18.7. The van der Waals surface area contributed by atoms with Crippen molar-refractivity contribution in [2.24, 2.45) is 23.7 Å². The molecule has 2 rings (SSSR count). The van der Waals surface area contributed by atoms with E-state index in [1.807, 2.05) is 20.8 Å². The highest BCUT2D eigenvalue weighted by atomic mass is 16.6. The summed E-state index contributed by atoms with van der Waals surface area (Å²) in [5, 5.41) is 11.1. The number of ether oxygens (including phenoxy) is 1. The van der Waals surface area contributed by atoms with Gasteiger partial charge < -0.3 is 30.9 Å². The molecular formula is C37H65N5O7. The fourth-order valence-electron chi connectivity index (χ4n) is 6.68. The molecule has 2 fully saturated rings. The van der Waals surface area contributed by atoms with Crippen molar-refractivity contribution in [3.05, 3.63) is 0 Å². The molecule has 0 radical (unpaired) electrons. The molecule has 0 aromatic rings. The SMILES string of the molecule is CCCCC(NC(=O)[C@@H]1C[C@@H](C(C)C)CN1C(=O)[C@@H](NC(=O)N[C@@H](CCC(C)C)C(=O)OC(C)(C)C)C1CCCCC1)C(=O)C(=O)NCC. The maximum atomic E-state index is 14.6. The van der Waals surface area contributed by atoms with Gasteiger partial charge >= 0.3 is 12.0 Å². The summed E-state index contributed by atoms with van der Waals surface area (Å²) in [6, 6.07) is -4.28. The van der Waals surface area contributed by atoms with Crippen LogP contribution in [0.5, 0.6) is 0 Å². The predicted molar refractivity (Wildman–Crippen MR) is 189 cm³/mol. The smallest absolute Gasteiger partial charge is 0.329 e. The number of nitrogens with zero attached hydrogens (tertiary/aromatic N) is 1. The molecule has 0 aromatic heterocycles. The first-order chi connectivity index (χ1) is 23.0. The number of amides is 5. The van der Waals surface area contributed by atoms with Crippen LogP contribution in [0.1, 0.15) is 133 Å². The minimum atomic E-state index is -0.997. The molecule has 1 unspecified atom stereocenters. The Balaban J connectivity index is 2.37. The average Bonchev–Trinajstić information content (AvgIpc) is 3.49. The van der Waals surface area contributed by atoms with Gasteiger partial charge in [0.1, 0.15) is 23.7 Å². The molecule has 1 heterocycles. The summed E-state index contributed by atoms with van der Waals surface area (Å²) in [6.45, 7) is 17.8. The molecule has 1 aliphatic heterocycles. The second-order valence-electron chi connectivity index (χ2n) is 15.7. The maximum Gasteiger partial charge on any atom is 0.329 e. The third-order valence-corrected chi connectivity index (χ3v) is 9.61. The van der Waals surface area contributed by atoms with Crippen molar-refractivity contribution in [1.29, 1.82) is 0 Å². The quantitative estimate of drug-likeness (QED) is 0.128. The molecule has 1 aliphatic carbocycles. The Morgan fingerprint density at radius 3 is 2.02 bits per heavy atom. The van der Waals surface area contributed by atoms with Crippen molar-refractivity contribution < 1.29 is 33.5 Å². The number of esters is 1. The van der Waals surface area contributed by atoms with Gasteiger partial charge in [-0.25, -0.2) is 9.59 Å². The van der Waals surface area contributed by atoms with Gasteiger partial charge in [0.05, 0.1) is 6.04 Å². The van der Waals surface area contributed by atoms with Crippen LogP contribution in [0.3, 0.4) is 0 Å². The van der Waals surface area contributed by atoms with Gasteiger partial charge in [0, 0.05) is 13.1 Å². The lowest BCUT2D eigenvalue weighted by Gasteiger charge is -2.35. The van der Waals surface area contributed by atoms with Crippen molar-refractivity contribution in [3.8, 4) is 0 Å². The van der Waals surface area contributed by atoms with Gasteiger partial charge in [0.15, 0.2) is 0 Å². The number of ketones is 1. The molecule has 0 aromatic carbocycles. The van der Waals surface area contributed by atoms with Crippen LogP contribution >= 0.6 is 0 Å². The Labute approximate surface area is 294 Å². The molecule has 0 spiro atoms. The Kier molecular flexibility index (Phi) is 17.0. The molecule has 1 saturated heterocycles. The molecule has 0 bridgehead atoms. The van der Waals surface area contributed by atoms with E-state index in [9.17, 15) is 28.8 Å². The summed E-state index contributed by atoms with van der Waals surface area (Å²) >= 11 is 0. The highest BCUT2D eigenvalue weighted by Gasteiger charge is 2.45. The van der Waals surface area contributed by atoms with E-state index < -0.39 is 59.4 Å². The summed E-state index contributed by atoms with van der Waals surface area (Å²) in [5.41, 5.74) is -0.732. The van der Waals surface area contributed by atoms with E-state index in [4.69, 9.17) is 4.74 Å². The number of rotatable bonds is 17. The highest BCUT2D eigenvalue weighted by molar-refractivity contribution is 6.38. The number of Topliss-reactive ketones (excluding diaryl/α,β-unsaturated/α-hetero) is 1. The number of nitrogens with one attached hydrogen (secondary N) is 4. The second kappa shape index (κ2) is 19.9. The molecule has 2 aliphatic rings. The number of hydrogen-bond donors (Lipinski definition) is 4. The van der Waals surface area contributed by atoms with Gasteiger partial charge in [-0.3, -0.25) is 19.2 Å². The van der Waals surface area contributed by atoms with Crippen LogP contribution in [0.25, 0.3) is 0 Å². The van der Waals surface area contributed by atoms with E-state index in [1.54, 1.807) is 32.6 Å². The molecule has 1 saturated carbocycles. The Morgan fingerprint density at radius 2 is 1.47 bits per heavy atom. The summed E-state index contributed by atoms with van der Waals surface area (Å²) in [4.78, 5) is 82.2. The first-order valence-electron chi connectivity index (χ1n) is 18.7. The first kappa shape index (κ1) is 42.0. The summed E-state index contributed by atoms with van der Waals surface area (Å²) < 4.78 is 5.61. The Hall–Kier alpha value is -3.18. The number of unbranched alkanes of at least 4 members (excludes halogenated alkanes) is 1. The Morgan fingerprint density at radius 1 is 0.816 bits per heavy atom. The van der Waals surface area contributed by atoms with E-state index >= 15 is 0 Å². The van der Waals surface area contributed by atoms with E-state index in [-0.39, 0.29) is 23.7 Å². The fraction of sp³-hybridized carbons (Fsp3) is 0.838. The molecule has 49 heavy (non-hydrogen) atoms. The summed E-state index contributed by atoms with van der Waals surface area (Å²) in [5.74, 6) is -2.41. The molecule has 280 valence electrons. The standard InChI is InChI=1S/C37H65N5O7/c1-10-12-18-27(31(43)33(45)38-11-2)39-32(44)29-21-26(24(5)6)22-42(29)34(46)30(25-16-14-13-15-17-25)41-36(48)40-28(20-19-23(3)4)35(47)49-37(7,8)9/h23-30H,10-22H2,1-9H3,(H,38,45)(H,39,44)(H2,40,41,48)/t26-,27?,28+,29+,30+/m1/s1. The van der Waals surface area contributed by atoms with Gasteiger partial charge in [-0.05, 0) is 89.9 Å². The zero-order valence-corrected chi connectivity index (χ0v) is 31.6. The number of urea groups is 1. The second-order valence-corrected chi connectivity index (χ2v) is 15.7. The van der Waals surface area contributed by atoms with Crippen LogP contribution in [0, 0.1) is 23.7 Å². The Bertz CT molecular complexity index is 1130. The number of hydrogen-bond acceptors (Lipinski definition) is 7. The lowest BCUT2D eigenvalue weighted by molar-refractivity contribution is -0.157. The molecule has 5 atom stereocenters. The van der Waals surface area contributed by atoms with Gasteiger partial charge in [-0.15, -0.1) is 0 Å². The van der Waals surface area contributed by atoms with Gasteiger partial charge in [0.25, 0.3) is 5.91 Å². The molecule has 12 nitrogen and oxygen atoms in total. The van der Waals surface area contributed by atoms with Crippen molar-refractivity contribution in [2.75, 3.05) is 13.1 Å². The third-order valence-electron chi connectivity index (χ3n) is 9.61. The fourth-order valence-corrected chi connectivity index (χ4v) is 6.68. The van der Waals surface area contributed by atoms with Crippen LogP contribution in [-0.2, 0) is 28.7 Å². The summed E-state index contributed by atoms with van der Waals surface area (Å²) in [6.07, 6.45) is 7.61. The topological polar surface area (TPSA) is 163 Å². The molecule has 5 amide bonds. The minimum Gasteiger partial charge on any atom is -0.458 e. The molecule has 4 N–H and O–H groups in total. The highest BCUT2D eigenvalue weighted by Crippen LogP contribution is 2.33. The third kappa shape index (κ3) is 13.6. The molecule has 12 heteroatoms. The minimum absolute atomic E-state index is 0.0290. The van der Waals surface area contributed by atoms with E-state index in [0.717, 1.165) is 38.5 Å². The van der Waals surface area contributed by atoms with Gasteiger partial charge in [-0.1, -0.05) is 66.7 Å². The zero-order chi connectivity index (χ0) is 36.9. The van der Waals surface area contributed by atoms with Crippen molar-refractivity contribution in [2.45, 2.75) is 163 Å². The predicted octanol–water partition coefficient (Wildman–Crippen LogP) is 4.63. The van der Waals surface area contributed by atoms with Crippen molar-refractivity contribution in [1.82, 2.24) is 26.2 Å². The average molecular weight is 692 g/mol. The largest absolute Gasteiger partial charge is 0.458 e. The van der Waals surface area contributed by atoms with Gasteiger partial charge in [-0.2, -0.15) is 0 Å². The number of carbonyl (C=O) groups is 6. The van der Waals surface area contributed by atoms with Crippen LogP contribution in [-0.4, -0.2) is 83.3 Å². The molecular weight excluding hydrogens is 626 g/mol. The zero-order valence-electron chi connectivity index (χ0n) is 31.6. The van der Waals surface area contributed by atoms with Crippen LogP contribution in [0.4, 0.5) is 4.79 Å². The number of likely N-dealkylation sites (N-methyl/N-ethyl adjacent to an activating group) is 1. The lowest BCUT2D eigenvalue weighted by Crippen LogP contribution is -2.60. The van der Waals surface area contributed by atoms with Crippen LogP contribution in [0.15, 0.2) is 0 Å². The lowest BCUT2D eigenvalue weighted by atomic mass is 9.83. The van der Waals surface area contributed by atoms with Crippen molar-refractivity contribution >= 4 is 35.5 Å². The summed E-state index contributed by atoms with van der Waals surface area (Å²) in [7, 11) is 0. The van der Waals surface area contributed by atoms with E-state index in [0.29, 0.717) is 51.1 Å². The monoisotopic (exact) mass is 691 g/mol. The van der Waals surface area contributed by atoms with Crippen molar-refractivity contribution in [3.63, 3.8) is 0 Å².